The summed E-state index contributed by atoms with van der Waals surface area (Å²) in [5, 5.41) is 9.00. The number of hydrogen-bond donors (Lipinski definition) is 0. The minimum Gasteiger partial charge on any atom is -0.198 e. The van der Waals surface area contributed by atoms with Crippen LogP contribution in [-0.2, 0) is 0 Å². The number of nitriles is 1. The van der Waals surface area contributed by atoms with Crippen molar-refractivity contribution in [1.82, 2.24) is 0 Å². The Morgan fingerprint density at radius 3 is 2.00 bits per heavy atom. The highest BCUT2D eigenvalue weighted by Crippen LogP contribution is 2.59. The first kappa shape index (κ1) is 10.5. The van der Waals surface area contributed by atoms with Gasteiger partial charge in [0.2, 0.25) is 0 Å². The zero-order valence-electron chi connectivity index (χ0n) is 8.69. The third-order valence-corrected chi connectivity index (χ3v) is 5.96. The summed E-state index contributed by atoms with van der Waals surface area (Å²) >= 11 is 3.98. The van der Waals surface area contributed by atoms with E-state index in [2.05, 4.69) is 22.0 Å². The van der Waals surface area contributed by atoms with Crippen molar-refractivity contribution >= 4 is 15.9 Å². The fourth-order valence-electron chi connectivity index (χ4n) is 3.45. The van der Waals surface area contributed by atoms with Gasteiger partial charge in [-0.05, 0) is 31.1 Å². The molecule has 78 valence electrons. The van der Waals surface area contributed by atoms with E-state index < -0.39 is 0 Å². The van der Waals surface area contributed by atoms with E-state index in [4.69, 9.17) is 5.26 Å². The Labute approximate surface area is 95.0 Å². The maximum Gasteiger partial charge on any atom is 0.0628 e. The SMILES string of the molecule is N#CCC12CCCCC1(Br)CCCC2. The predicted octanol–water partition coefficient (Wildman–Crippen LogP) is 4.17. The van der Waals surface area contributed by atoms with Crippen molar-refractivity contribution in [3.8, 4) is 6.07 Å². The van der Waals surface area contributed by atoms with E-state index in [1.165, 1.54) is 51.4 Å². The van der Waals surface area contributed by atoms with Crippen LogP contribution in [0.5, 0.6) is 0 Å². The van der Waals surface area contributed by atoms with Crippen molar-refractivity contribution in [3.63, 3.8) is 0 Å². The van der Waals surface area contributed by atoms with Gasteiger partial charge in [0.05, 0.1) is 6.07 Å². The number of fused-ring (bicyclic) bond motifs is 1. The van der Waals surface area contributed by atoms with Gasteiger partial charge in [-0.3, -0.25) is 0 Å². The fraction of sp³-hybridized carbons (Fsp3) is 0.917. The molecule has 0 heterocycles. The molecule has 0 aliphatic heterocycles. The van der Waals surface area contributed by atoms with Crippen molar-refractivity contribution in [3.05, 3.63) is 0 Å². The predicted molar refractivity (Wildman–Crippen MR) is 61.3 cm³/mol. The average Bonchev–Trinajstić information content (AvgIpc) is 2.18. The Kier molecular flexibility index (Phi) is 2.88. The first-order valence-electron chi connectivity index (χ1n) is 5.78. The lowest BCUT2D eigenvalue weighted by Crippen LogP contribution is -2.48. The standard InChI is InChI=1S/C12H18BrN/c13-12-7-3-1-5-11(12,9-10-14)6-2-4-8-12/h1-9H2. The lowest BCUT2D eigenvalue weighted by Gasteiger charge is -2.53. The molecule has 0 amide bonds. The van der Waals surface area contributed by atoms with E-state index in [1.54, 1.807) is 0 Å². The molecule has 0 aromatic carbocycles. The monoisotopic (exact) mass is 255 g/mol. The lowest BCUT2D eigenvalue weighted by molar-refractivity contribution is 0.0829. The van der Waals surface area contributed by atoms with Crippen LogP contribution in [0, 0.1) is 16.7 Å². The number of hydrogen-bond acceptors (Lipinski definition) is 1. The summed E-state index contributed by atoms with van der Waals surface area (Å²) in [7, 11) is 0. The molecule has 2 heteroatoms. The van der Waals surface area contributed by atoms with E-state index in [9.17, 15) is 0 Å². The van der Waals surface area contributed by atoms with Crippen molar-refractivity contribution in [1.29, 1.82) is 5.26 Å². The summed E-state index contributed by atoms with van der Waals surface area (Å²) in [6.45, 7) is 0. The quantitative estimate of drug-likeness (QED) is 0.646. The summed E-state index contributed by atoms with van der Waals surface area (Å²) in [5.74, 6) is 0. The van der Waals surface area contributed by atoms with Crippen molar-refractivity contribution in [2.45, 2.75) is 62.1 Å². The molecule has 0 aromatic heterocycles. The summed E-state index contributed by atoms with van der Waals surface area (Å²) in [4.78, 5) is 0. The second-order valence-electron chi connectivity index (χ2n) is 4.99. The summed E-state index contributed by atoms with van der Waals surface area (Å²) < 4.78 is 0.312. The van der Waals surface area contributed by atoms with Crippen LogP contribution in [0.15, 0.2) is 0 Å². The maximum absolute atomic E-state index is 9.00. The van der Waals surface area contributed by atoms with Gasteiger partial charge in [-0.1, -0.05) is 41.6 Å². The molecule has 0 N–H and O–H groups in total. The molecule has 0 radical (unpaired) electrons. The molecule has 0 unspecified atom stereocenters. The van der Waals surface area contributed by atoms with Crippen molar-refractivity contribution in [2.24, 2.45) is 5.41 Å². The van der Waals surface area contributed by atoms with Crippen LogP contribution >= 0.6 is 15.9 Å². The van der Waals surface area contributed by atoms with Crippen LogP contribution in [0.1, 0.15) is 57.8 Å². The Morgan fingerprint density at radius 2 is 1.50 bits per heavy atom. The van der Waals surface area contributed by atoms with Crippen LogP contribution in [0.4, 0.5) is 0 Å². The highest BCUT2D eigenvalue weighted by Gasteiger charge is 2.51. The molecule has 2 saturated carbocycles. The summed E-state index contributed by atoms with van der Waals surface area (Å²) in [5.41, 5.74) is 0.318. The van der Waals surface area contributed by atoms with Crippen LogP contribution < -0.4 is 0 Å². The molecule has 0 bridgehead atoms. The van der Waals surface area contributed by atoms with E-state index in [-0.39, 0.29) is 0 Å². The van der Waals surface area contributed by atoms with Gasteiger partial charge in [-0.25, -0.2) is 0 Å². The number of rotatable bonds is 1. The molecule has 2 fully saturated rings. The molecule has 14 heavy (non-hydrogen) atoms. The smallest absolute Gasteiger partial charge is 0.0628 e. The average molecular weight is 256 g/mol. The van der Waals surface area contributed by atoms with Gasteiger partial charge in [0.1, 0.15) is 0 Å². The Morgan fingerprint density at radius 1 is 1.00 bits per heavy atom. The van der Waals surface area contributed by atoms with E-state index in [0.717, 1.165) is 6.42 Å². The van der Waals surface area contributed by atoms with Crippen molar-refractivity contribution < 1.29 is 0 Å². The van der Waals surface area contributed by atoms with Gasteiger partial charge in [-0.2, -0.15) is 5.26 Å². The normalized spacial score (nSPS) is 42.6. The van der Waals surface area contributed by atoms with Crippen LogP contribution in [0.25, 0.3) is 0 Å². The van der Waals surface area contributed by atoms with Crippen LogP contribution in [0.3, 0.4) is 0 Å². The van der Waals surface area contributed by atoms with Crippen LogP contribution in [-0.4, -0.2) is 4.32 Å². The molecule has 0 saturated heterocycles. The zero-order chi connectivity index (χ0) is 10.1. The first-order chi connectivity index (χ1) is 6.72. The van der Waals surface area contributed by atoms with Gasteiger partial charge in [0.15, 0.2) is 0 Å². The van der Waals surface area contributed by atoms with Gasteiger partial charge < -0.3 is 0 Å². The van der Waals surface area contributed by atoms with Crippen molar-refractivity contribution in [2.75, 3.05) is 0 Å². The third-order valence-electron chi connectivity index (χ3n) is 4.32. The molecular weight excluding hydrogens is 238 g/mol. The molecular formula is C12H18BrN. The highest BCUT2D eigenvalue weighted by atomic mass is 79.9. The third kappa shape index (κ3) is 1.50. The molecule has 2 aliphatic rings. The second kappa shape index (κ2) is 3.85. The highest BCUT2D eigenvalue weighted by molar-refractivity contribution is 9.10. The van der Waals surface area contributed by atoms with Gasteiger partial charge in [-0.15, -0.1) is 0 Å². The lowest BCUT2D eigenvalue weighted by atomic mass is 9.58. The van der Waals surface area contributed by atoms with E-state index >= 15 is 0 Å². The second-order valence-corrected chi connectivity index (χ2v) is 6.51. The fourth-order valence-corrected chi connectivity index (χ4v) is 4.55. The number of halogens is 1. The molecule has 2 aliphatic carbocycles. The minimum atomic E-state index is 0.312. The van der Waals surface area contributed by atoms with Gasteiger partial charge in [0.25, 0.3) is 0 Å². The molecule has 1 nitrogen and oxygen atoms in total. The summed E-state index contributed by atoms with van der Waals surface area (Å²) in [6.07, 6.45) is 11.2. The Balaban J connectivity index is 2.25. The van der Waals surface area contributed by atoms with Crippen LogP contribution in [0.2, 0.25) is 0 Å². The Hall–Kier alpha value is -0.0300. The molecule has 2 rings (SSSR count). The maximum atomic E-state index is 9.00. The van der Waals surface area contributed by atoms with E-state index in [1.807, 2.05) is 0 Å². The zero-order valence-corrected chi connectivity index (χ0v) is 10.3. The minimum absolute atomic E-state index is 0.312. The number of nitrogens with zero attached hydrogens (tertiary/aromatic N) is 1. The van der Waals surface area contributed by atoms with E-state index in [0.29, 0.717) is 9.74 Å². The largest absolute Gasteiger partial charge is 0.198 e. The van der Waals surface area contributed by atoms with Gasteiger partial charge in [0, 0.05) is 10.7 Å². The topological polar surface area (TPSA) is 23.8 Å². The molecule has 0 atom stereocenters. The van der Waals surface area contributed by atoms with Gasteiger partial charge >= 0.3 is 0 Å². The first-order valence-corrected chi connectivity index (χ1v) is 6.58. The summed E-state index contributed by atoms with van der Waals surface area (Å²) in [6, 6.07) is 2.42. The molecule has 0 spiro atoms. The Bertz CT molecular complexity index is 242. The molecule has 0 aromatic rings. The number of alkyl halides is 1.